The van der Waals surface area contributed by atoms with Crippen LogP contribution in [0, 0.1) is 5.92 Å². The number of aromatic nitrogens is 1. The van der Waals surface area contributed by atoms with Crippen LogP contribution in [0.2, 0.25) is 0 Å². The van der Waals surface area contributed by atoms with Gasteiger partial charge in [-0.3, -0.25) is 0 Å². The molecule has 1 saturated carbocycles. The van der Waals surface area contributed by atoms with E-state index in [9.17, 15) is 4.79 Å². The fourth-order valence-electron chi connectivity index (χ4n) is 1.08. The zero-order valence-electron chi connectivity index (χ0n) is 7.25. The molecule has 1 aromatic rings. The minimum atomic E-state index is -0.316. The van der Waals surface area contributed by atoms with Crippen molar-refractivity contribution in [2.24, 2.45) is 5.92 Å². The van der Waals surface area contributed by atoms with Crippen LogP contribution in [0.4, 0.5) is 5.69 Å². The third-order valence-corrected chi connectivity index (χ3v) is 2.07. The first-order valence-electron chi connectivity index (χ1n) is 4.37. The van der Waals surface area contributed by atoms with E-state index in [1.807, 2.05) is 0 Å². The van der Waals surface area contributed by atoms with Crippen molar-refractivity contribution in [3.63, 3.8) is 0 Å². The van der Waals surface area contributed by atoms with Crippen LogP contribution >= 0.6 is 0 Å². The summed E-state index contributed by atoms with van der Waals surface area (Å²) < 4.78 is 5.04. The zero-order chi connectivity index (χ0) is 9.26. The highest BCUT2D eigenvalue weighted by atomic mass is 16.5. The highest BCUT2D eigenvalue weighted by Crippen LogP contribution is 2.29. The van der Waals surface area contributed by atoms with Crippen LogP contribution in [0.15, 0.2) is 12.3 Å². The minimum Gasteiger partial charge on any atom is -0.461 e. The van der Waals surface area contributed by atoms with E-state index in [1.54, 1.807) is 12.3 Å². The lowest BCUT2D eigenvalue weighted by atomic mass is 10.4. The molecule has 0 saturated heterocycles. The van der Waals surface area contributed by atoms with Gasteiger partial charge in [0.25, 0.3) is 0 Å². The quantitative estimate of drug-likeness (QED) is 0.686. The highest BCUT2D eigenvalue weighted by molar-refractivity contribution is 5.88. The van der Waals surface area contributed by atoms with Crippen molar-refractivity contribution in [3.8, 4) is 0 Å². The smallest absolute Gasteiger partial charge is 0.354 e. The van der Waals surface area contributed by atoms with Gasteiger partial charge in [-0.2, -0.15) is 0 Å². The summed E-state index contributed by atoms with van der Waals surface area (Å²) in [6, 6.07) is 1.58. The number of nitrogens with one attached hydrogen (secondary N) is 1. The average Bonchev–Trinajstić information content (AvgIpc) is 2.84. The Morgan fingerprint density at radius 3 is 3.00 bits per heavy atom. The summed E-state index contributed by atoms with van der Waals surface area (Å²) >= 11 is 0. The molecule has 70 valence electrons. The fraction of sp³-hybridized carbons (Fsp3) is 0.444. The number of nitrogens with two attached hydrogens (primary N) is 1. The fourth-order valence-corrected chi connectivity index (χ4v) is 1.08. The number of anilines is 1. The van der Waals surface area contributed by atoms with E-state index in [0.717, 1.165) is 0 Å². The van der Waals surface area contributed by atoms with Gasteiger partial charge < -0.3 is 15.5 Å². The van der Waals surface area contributed by atoms with Gasteiger partial charge in [-0.15, -0.1) is 0 Å². The molecule has 4 heteroatoms. The van der Waals surface area contributed by atoms with Gasteiger partial charge in [0.15, 0.2) is 0 Å². The number of ether oxygens (including phenoxy) is 1. The molecule has 13 heavy (non-hydrogen) atoms. The summed E-state index contributed by atoms with van der Waals surface area (Å²) in [5.41, 5.74) is 6.43. The summed E-state index contributed by atoms with van der Waals surface area (Å²) in [6.45, 7) is 0.539. The lowest BCUT2D eigenvalue weighted by Crippen LogP contribution is -2.07. The Morgan fingerprint density at radius 1 is 1.69 bits per heavy atom. The van der Waals surface area contributed by atoms with Crippen molar-refractivity contribution >= 4 is 11.7 Å². The van der Waals surface area contributed by atoms with E-state index in [4.69, 9.17) is 10.5 Å². The molecule has 0 amide bonds. The molecule has 0 aromatic carbocycles. The second-order valence-electron chi connectivity index (χ2n) is 3.39. The first kappa shape index (κ1) is 8.16. The van der Waals surface area contributed by atoms with Crippen LogP contribution in [0.5, 0.6) is 0 Å². The zero-order valence-corrected chi connectivity index (χ0v) is 7.25. The molecular formula is C9H12N2O2. The second kappa shape index (κ2) is 3.12. The van der Waals surface area contributed by atoms with Crippen molar-refractivity contribution in [1.29, 1.82) is 0 Å². The van der Waals surface area contributed by atoms with Gasteiger partial charge in [0.05, 0.1) is 12.3 Å². The number of aromatic amines is 1. The Morgan fingerprint density at radius 2 is 2.46 bits per heavy atom. The Hall–Kier alpha value is -1.45. The first-order chi connectivity index (χ1) is 6.25. The van der Waals surface area contributed by atoms with E-state index in [0.29, 0.717) is 23.9 Å². The van der Waals surface area contributed by atoms with Gasteiger partial charge in [0.2, 0.25) is 0 Å². The van der Waals surface area contributed by atoms with Crippen LogP contribution in [0.25, 0.3) is 0 Å². The largest absolute Gasteiger partial charge is 0.461 e. The van der Waals surface area contributed by atoms with Crippen LogP contribution in [-0.2, 0) is 4.74 Å². The van der Waals surface area contributed by atoms with Gasteiger partial charge in [0.1, 0.15) is 5.69 Å². The molecule has 0 spiro atoms. The number of H-pyrrole nitrogens is 1. The Bertz CT molecular complexity index is 315. The number of carbonyl (C=O) groups is 1. The normalized spacial score (nSPS) is 15.7. The maximum atomic E-state index is 11.3. The predicted octanol–water partition coefficient (Wildman–Crippen LogP) is 1.16. The molecule has 4 nitrogen and oxygen atoms in total. The molecule has 0 radical (unpaired) electrons. The molecule has 0 unspecified atom stereocenters. The van der Waals surface area contributed by atoms with E-state index in [2.05, 4.69) is 4.98 Å². The molecule has 1 aliphatic carbocycles. The number of rotatable bonds is 3. The minimum absolute atomic E-state index is 0.316. The van der Waals surface area contributed by atoms with Crippen molar-refractivity contribution in [2.45, 2.75) is 12.8 Å². The van der Waals surface area contributed by atoms with Crippen LogP contribution < -0.4 is 5.73 Å². The van der Waals surface area contributed by atoms with Gasteiger partial charge in [-0.05, 0) is 24.8 Å². The van der Waals surface area contributed by atoms with Crippen molar-refractivity contribution < 1.29 is 9.53 Å². The van der Waals surface area contributed by atoms with Gasteiger partial charge in [0, 0.05) is 6.20 Å². The Kier molecular flexibility index (Phi) is 1.96. The van der Waals surface area contributed by atoms with Crippen LogP contribution in [0.1, 0.15) is 23.3 Å². The number of hydrogen-bond acceptors (Lipinski definition) is 3. The van der Waals surface area contributed by atoms with Gasteiger partial charge in [-0.25, -0.2) is 4.79 Å². The van der Waals surface area contributed by atoms with Gasteiger partial charge in [-0.1, -0.05) is 0 Å². The lowest BCUT2D eigenvalue weighted by molar-refractivity contribution is 0.0480. The summed E-state index contributed by atoms with van der Waals surface area (Å²) in [6.07, 6.45) is 3.94. The summed E-state index contributed by atoms with van der Waals surface area (Å²) in [7, 11) is 0. The summed E-state index contributed by atoms with van der Waals surface area (Å²) in [5.74, 6) is 0.278. The van der Waals surface area contributed by atoms with E-state index in [1.165, 1.54) is 12.8 Å². The van der Waals surface area contributed by atoms with E-state index >= 15 is 0 Å². The molecule has 1 aromatic heterocycles. The molecule has 1 heterocycles. The van der Waals surface area contributed by atoms with Gasteiger partial charge >= 0.3 is 5.97 Å². The third-order valence-electron chi connectivity index (χ3n) is 2.07. The predicted molar refractivity (Wildman–Crippen MR) is 48.2 cm³/mol. The standard InChI is InChI=1S/C9H12N2O2/c10-7-3-8(11-4-7)9(12)13-5-6-1-2-6/h3-4,6,11H,1-2,5,10H2. The Balaban J connectivity index is 1.88. The highest BCUT2D eigenvalue weighted by Gasteiger charge is 2.23. The van der Waals surface area contributed by atoms with Crippen LogP contribution in [0.3, 0.4) is 0 Å². The van der Waals surface area contributed by atoms with Crippen molar-refractivity contribution in [2.75, 3.05) is 12.3 Å². The first-order valence-corrected chi connectivity index (χ1v) is 4.37. The molecule has 0 aliphatic heterocycles. The molecule has 0 atom stereocenters. The molecule has 1 fully saturated rings. The SMILES string of the molecule is Nc1c[nH]c(C(=O)OCC2CC2)c1. The average molecular weight is 180 g/mol. The Labute approximate surface area is 76.1 Å². The van der Waals surface area contributed by atoms with E-state index < -0.39 is 0 Å². The molecule has 2 rings (SSSR count). The maximum Gasteiger partial charge on any atom is 0.354 e. The maximum absolute atomic E-state index is 11.3. The monoisotopic (exact) mass is 180 g/mol. The number of esters is 1. The number of hydrogen-bond donors (Lipinski definition) is 2. The van der Waals surface area contributed by atoms with Crippen molar-refractivity contribution in [3.05, 3.63) is 18.0 Å². The molecular weight excluding hydrogens is 168 g/mol. The molecule has 1 aliphatic rings. The topological polar surface area (TPSA) is 68.1 Å². The third kappa shape index (κ3) is 2.02. The number of nitrogen functional groups attached to an aromatic ring is 1. The molecule has 0 bridgehead atoms. The van der Waals surface area contributed by atoms with E-state index in [-0.39, 0.29) is 5.97 Å². The summed E-state index contributed by atoms with van der Waals surface area (Å²) in [5, 5.41) is 0. The second-order valence-corrected chi connectivity index (χ2v) is 3.39. The summed E-state index contributed by atoms with van der Waals surface area (Å²) in [4.78, 5) is 14.0. The van der Waals surface area contributed by atoms with Crippen LogP contribution in [-0.4, -0.2) is 17.6 Å². The number of carbonyl (C=O) groups excluding carboxylic acids is 1. The lowest BCUT2D eigenvalue weighted by Gasteiger charge is -2.00. The molecule has 3 N–H and O–H groups in total. The van der Waals surface area contributed by atoms with Crippen molar-refractivity contribution in [1.82, 2.24) is 4.98 Å².